The molecule has 2 heterocycles. The van der Waals surface area contributed by atoms with Crippen LogP contribution in [0.25, 0.3) is 0 Å². The number of carbonyl (C=O) groups excluding carboxylic acids is 1. The molecule has 0 aromatic carbocycles. The van der Waals surface area contributed by atoms with E-state index in [0.717, 1.165) is 13.0 Å². The first-order valence-electron chi connectivity index (χ1n) is 4.39. The molecule has 14 heavy (non-hydrogen) atoms. The first-order chi connectivity index (χ1) is 6.75. The average Bonchev–Trinajstić information content (AvgIpc) is 2.75. The molecule has 76 valence electrons. The van der Waals surface area contributed by atoms with Gasteiger partial charge in [-0.1, -0.05) is 11.6 Å². The molecule has 1 amide bonds. The van der Waals surface area contributed by atoms with E-state index in [9.17, 15) is 4.79 Å². The van der Waals surface area contributed by atoms with Gasteiger partial charge >= 0.3 is 0 Å². The molecular formula is C9H10ClNO2S. The Kier molecular flexibility index (Phi) is 3.05. The van der Waals surface area contributed by atoms with Crippen LogP contribution in [0.2, 0.25) is 4.34 Å². The maximum Gasteiger partial charge on any atom is 0.261 e. The van der Waals surface area contributed by atoms with E-state index in [4.69, 9.17) is 16.3 Å². The molecule has 0 aliphatic carbocycles. The molecule has 1 fully saturated rings. The van der Waals surface area contributed by atoms with Crippen LogP contribution < -0.4 is 5.32 Å². The van der Waals surface area contributed by atoms with E-state index in [-0.39, 0.29) is 11.9 Å². The number of hydrogen-bond donors (Lipinski definition) is 1. The normalized spacial score (nSPS) is 21.1. The maximum absolute atomic E-state index is 11.6. The molecule has 2 rings (SSSR count). The highest BCUT2D eigenvalue weighted by Gasteiger charge is 2.19. The lowest BCUT2D eigenvalue weighted by Crippen LogP contribution is -2.34. The Balaban J connectivity index is 1.95. The van der Waals surface area contributed by atoms with Crippen molar-refractivity contribution in [2.75, 3.05) is 13.2 Å². The summed E-state index contributed by atoms with van der Waals surface area (Å²) in [4.78, 5) is 12.3. The number of ether oxygens (including phenoxy) is 1. The molecule has 1 aromatic heterocycles. The summed E-state index contributed by atoms with van der Waals surface area (Å²) >= 11 is 7.03. The third kappa shape index (κ3) is 2.26. The fraction of sp³-hybridized carbons (Fsp3) is 0.444. The van der Waals surface area contributed by atoms with Crippen molar-refractivity contribution < 1.29 is 9.53 Å². The number of amides is 1. The van der Waals surface area contributed by atoms with Crippen LogP contribution in [0, 0.1) is 0 Å². The Morgan fingerprint density at radius 3 is 3.07 bits per heavy atom. The Morgan fingerprint density at radius 2 is 2.50 bits per heavy atom. The standard InChI is InChI=1S/C9H10ClNO2S/c10-8-2-1-7(14-8)9(12)11-6-3-4-13-5-6/h1-2,6H,3-5H2,(H,11,12). The van der Waals surface area contributed by atoms with Gasteiger partial charge in [-0.25, -0.2) is 0 Å². The lowest BCUT2D eigenvalue weighted by atomic mass is 10.2. The highest BCUT2D eigenvalue weighted by molar-refractivity contribution is 7.17. The van der Waals surface area contributed by atoms with Crippen LogP contribution in [-0.4, -0.2) is 25.2 Å². The van der Waals surface area contributed by atoms with Crippen LogP contribution in [0.5, 0.6) is 0 Å². The van der Waals surface area contributed by atoms with Gasteiger partial charge in [-0.05, 0) is 18.6 Å². The van der Waals surface area contributed by atoms with Crippen molar-refractivity contribution in [2.45, 2.75) is 12.5 Å². The third-order valence-electron chi connectivity index (χ3n) is 2.06. The van der Waals surface area contributed by atoms with Crippen LogP contribution >= 0.6 is 22.9 Å². The highest BCUT2D eigenvalue weighted by Crippen LogP contribution is 2.21. The minimum Gasteiger partial charge on any atom is -0.379 e. The molecular weight excluding hydrogens is 222 g/mol. The van der Waals surface area contributed by atoms with Gasteiger partial charge in [0.15, 0.2) is 0 Å². The number of rotatable bonds is 2. The van der Waals surface area contributed by atoms with Gasteiger partial charge < -0.3 is 10.1 Å². The SMILES string of the molecule is O=C(NC1CCOC1)c1ccc(Cl)s1. The van der Waals surface area contributed by atoms with Crippen LogP contribution in [-0.2, 0) is 4.74 Å². The van der Waals surface area contributed by atoms with Gasteiger partial charge in [0.1, 0.15) is 0 Å². The Hall–Kier alpha value is -0.580. The van der Waals surface area contributed by atoms with Gasteiger partial charge in [-0.3, -0.25) is 4.79 Å². The second-order valence-electron chi connectivity index (χ2n) is 3.14. The number of halogens is 1. The Morgan fingerprint density at radius 1 is 1.64 bits per heavy atom. The number of carbonyl (C=O) groups is 1. The van der Waals surface area contributed by atoms with E-state index in [0.29, 0.717) is 15.8 Å². The van der Waals surface area contributed by atoms with E-state index in [2.05, 4.69) is 5.32 Å². The lowest BCUT2D eigenvalue weighted by molar-refractivity contribution is 0.0934. The minimum atomic E-state index is -0.0580. The fourth-order valence-electron chi connectivity index (χ4n) is 1.34. The van der Waals surface area contributed by atoms with E-state index in [1.807, 2.05) is 0 Å². The van der Waals surface area contributed by atoms with Gasteiger partial charge in [0.05, 0.1) is 21.9 Å². The number of nitrogens with one attached hydrogen (secondary N) is 1. The molecule has 0 bridgehead atoms. The number of thiophene rings is 1. The molecule has 0 spiro atoms. The molecule has 1 aliphatic rings. The van der Waals surface area contributed by atoms with Gasteiger partial charge in [-0.15, -0.1) is 11.3 Å². The summed E-state index contributed by atoms with van der Waals surface area (Å²) in [6.45, 7) is 1.35. The van der Waals surface area contributed by atoms with Crippen LogP contribution in [0.4, 0.5) is 0 Å². The van der Waals surface area contributed by atoms with E-state index < -0.39 is 0 Å². The van der Waals surface area contributed by atoms with Crippen molar-refractivity contribution in [1.82, 2.24) is 5.32 Å². The van der Waals surface area contributed by atoms with E-state index in [1.54, 1.807) is 12.1 Å². The smallest absolute Gasteiger partial charge is 0.261 e. The predicted molar refractivity (Wildman–Crippen MR) is 56.0 cm³/mol. The summed E-state index contributed by atoms with van der Waals surface area (Å²) in [5, 5.41) is 2.90. The summed E-state index contributed by atoms with van der Waals surface area (Å²) in [5.74, 6) is -0.0580. The van der Waals surface area contributed by atoms with Gasteiger partial charge in [0.2, 0.25) is 0 Å². The van der Waals surface area contributed by atoms with Crippen LogP contribution in [0.1, 0.15) is 16.1 Å². The summed E-state index contributed by atoms with van der Waals surface area (Å²) in [6.07, 6.45) is 0.894. The number of hydrogen-bond acceptors (Lipinski definition) is 3. The van der Waals surface area contributed by atoms with Crippen molar-refractivity contribution in [2.24, 2.45) is 0 Å². The first-order valence-corrected chi connectivity index (χ1v) is 5.59. The highest BCUT2D eigenvalue weighted by atomic mass is 35.5. The Bertz CT molecular complexity index is 333. The molecule has 1 N–H and O–H groups in total. The molecule has 1 unspecified atom stereocenters. The third-order valence-corrected chi connectivity index (χ3v) is 3.29. The molecule has 1 atom stereocenters. The van der Waals surface area contributed by atoms with Crippen molar-refractivity contribution >= 4 is 28.8 Å². The minimum absolute atomic E-state index is 0.0580. The molecule has 1 saturated heterocycles. The van der Waals surface area contributed by atoms with Crippen LogP contribution in [0.3, 0.4) is 0 Å². The maximum atomic E-state index is 11.6. The molecule has 1 aromatic rings. The zero-order valence-corrected chi connectivity index (χ0v) is 9.03. The monoisotopic (exact) mass is 231 g/mol. The summed E-state index contributed by atoms with van der Waals surface area (Å²) < 4.78 is 5.80. The van der Waals surface area contributed by atoms with E-state index >= 15 is 0 Å². The quantitative estimate of drug-likeness (QED) is 0.845. The van der Waals surface area contributed by atoms with Crippen molar-refractivity contribution in [3.05, 3.63) is 21.3 Å². The summed E-state index contributed by atoms with van der Waals surface area (Å²) in [6, 6.07) is 3.62. The molecule has 0 saturated carbocycles. The fourth-order valence-corrected chi connectivity index (χ4v) is 2.29. The summed E-state index contributed by atoms with van der Waals surface area (Å²) in [7, 11) is 0. The topological polar surface area (TPSA) is 38.3 Å². The van der Waals surface area contributed by atoms with Crippen LogP contribution in [0.15, 0.2) is 12.1 Å². The molecule has 1 aliphatic heterocycles. The van der Waals surface area contributed by atoms with Gasteiger partial charge in [0, 0.05) is 6.61 Å². The van der Waals surface area contributed by atoms with Gasteiger partial charge in [-0.2, -0.15) is 0 Å². The lowest BCUT2D eigenvalue weighted by Gasteiger charge is -2.08. The van der Waals surface area contributed by atoms with E-state index in [1.165, 1.54) is 11.3 Å². The predicted octanol–water partition coefficient (Wildman–Crippen LogP) is 1.92. The van der Waals surface area contributed by atoms with Gasteiger partial charge in [0.25, 0.3) is 5.91 Å². The Labute approximate surface area is 91.0 Å². The second-order valence-corrected chi connectivity index (χ2v) is 4.85. The summed E-state index contributed by atoms with van der Waals surface area (Å²) in [5.41, 5.74) is 0. The first kappa shape index (κ1) is 9.96. The molecule has 5 heteroatoms. The van der Waals surface area contributed by atoms with Crippen molar-refractivity contribution in [1.29, 1.82) is 0 Å². The van der Waals surface area contributed by atoms with Crippen molar-refractivity contribution in [3.8, 4) is 0 Å². The average molecular weight is 232 g/mol. The zero-order chi connectivity index (χ0) is 9.97. The largest absolute Gasteiger partial charge is 0.379 e. The molecule has 0 radical (unpaired) electrons. The zero-order valence-electron chi connectivity index (χ0n) is 7.46. The second kappa shape index (κ2) is 4.29. The van der Waals surface area contributed by atoms with Crippen molar-refractivity contribution in [3.63, 3.8) is 0 Å². The molecule has 3 nitrogen and oxygen atoms in total.